The van der Waals surface area contributed by atoms with E-state index in [4.69, 9.17) is 4.74 Å². The van der Waals surface area contributed by atoms with Crippen LogP contribution in [0.15, 0.2) is 60.7 Å². The van der Waals surface area contributed by atoms with Crippen LogP contribution < -0.4 is 4.74 Å². The van der Waals surface area contributed by atoms with Gasteiger partial charge in [0.05, 0.1) is 6.10 Å². The van der Waals surface area contributed by atoms with Crippen LogP contribution >= 0.6 is 0 Å². The summed E-state index contributed by atoms with van der Waals surface area (Å²) in [5.74, 6) is 0.563. The standard InChI is InChI=1S/C20H24N2O3/c23-19(17-8-3-1-4-9-17)16-21-12-7-13-22(15-14-21)20(24)25-18-10-5-2-6-11-18/h1-6,8-11,19,23H,7,12-16H2. The Morgan fingerprint density at radius 1 is 0.960 bits per heavy atom. The Hall–Kier alpha value is -2.37. The number of para-hydroxylation sites is 1. The maximum absolute atomic E-state index is 12.3. The summed E-state index contributed by atoms with van der Waals surface area (Å²) in [6, 6.07) is 18.8. The van der Waals surface area contributed by atoms with Crippen LogP contribution in [-0.4, -0.2) is 53.7 Å². The van der Waals surface area contributed by atoms with Gasteiger partial charge in [-0.3, -0.25) is 4.90 Å². The van der Waals surface area contributed by atoms with Crippen molar-refractivity contribution < 1.29 is 14.6 Å². The number of carbonyl (C=O) groups is 1. The molecule has 1 fully saturated rings. The third-order valence-corrected chi connectivity index (χ3v) is 4.41. The van der Waals surface area contributed by atoms with E-state index >= 15 is 0 Å². The first-order chi connectivity index (χ1) is 12.2. The fourth-order valence-corrected chi connectivity index (χ4v) is 3.02. The van der Waals surface area contributed by atoms with E-state index in [0.29, 0.717) is 25.4 Å². The summed E-state index contributed by atoms with van der Waals surface area (Å²) in [5.41, 5.74) is 0.923. The third-order valence-electron chi connectivity index (χ3n) is 4.41. The molecule has 1 N–H and O–H groups in total. The maximum Gasteiger partial charge on any atom is 0.415 e. The van der Waals surface area contributed by atoms with Crippen LogP contribution in [0.3, 0.4) is 0 Å². The molecule has 5 heteroatoms. The summed E-state index contributed by atoms with van der Waals surface area (Å²) in [6.07, 6.45) is 0.0477. The fraction of sp³-hybridized carbons (Fsp3) is 0.350. The Labute approximate surface area is 148 Å². The number of carbonyl (C=O) groups excluding carboxylic acids is 1. The van der Waals surface area contributed by atoms with Gasteiger partial charge in [-0.15, -0.1) is 0 Å². The Bertz CT molecular complexity index is 663. The molecule has 132 valence electrons. The lowest BCUT2D eigenvalue weighted by Gasteiger charge is -2.24. The van der Waals surface area contributed by atoms with Crippen LogP contribution in [-0.2, 0) is 0 Å². The van der Waals surface area contributed by atoms with Crippen molar-refractivity contribution in [3.63, 3.8) is 0 Å². The molecule has 5 nitrogen and oxygen atoms in total. The number of benzene rings is 2. The first-order valence-electron chi connectivity index (χ1n) is 8.69. The minimum atomic E-state index is -0.510. The van der Waals surface area contributed by atoms with Crippen molar-refractivity contribution in [1.82, 2.24) is 9.80 Å². The van der Waals surface area contributed by atoms with E-state index in [1.54, 1.807) is 17.0 Å². The van der Waals surface area contributed by atoms with E-state index in [-0.39, 0.29) is 6.09 Å². The highest BCUT2D eigenvalue weighted by atomic mass is 16.6. The van der Waals surface area contributed by atoms with Gasteiger partial charge in [-0.2, -0.15) is 0 Å². The van der Waals surface area contributed by atoms with Crippen molar-refractivity contribution in [2.24, 2.45) is 0 Å². The number of ether oxygens (including phenoxy) is 1. The van der Waals surface area contributed by atoms with E-state index < -0.39 is 6.10 Å². The van der Waals surface area contributed by atoms with Crippen LogP contribution in [0.4, 0.5) is 4.79 Å². The summed E-state index contributed by atoms with van der Waals surface area (Å²) >= 11 is 0. The highest BCUT2D eigenvalue weighted by Crippen LogP contribution is 2.16. The smallest absolute Gasteiger partial charge is 0.410 e. The summed E-state index contributed by atoms with van der Waals surface area (Å²) in [7, 11) is 0. The number of hydrogen-bond acceptors (Lipinski definition) is 4. The molecule has 2 aromatic rings. The first-order valence-corrected chi connectivity index (χ1v) is 8.69. The van der Waals surface area contributed by atoms with Crippen molar-refractivity contribution in [3.05, 3.63) is 66.2 Å². The van der Waals surface area contributed by atoms with Crippen molar-refractivity contribution in [2.75, 3.05) is 32.7 Å². The Morgan fingerprint density at radius 2 is 1.64 bits per heavy atom. The summed E-state index contributed by atoms with van der Waals surface area (Å²) in [6.45, 7) is 3.44. The van der Waals surface area contributed by atoms with Crippen LogP contribution in [0.1, 0.15) is 18.1 Å². The fourth-order valence-electron chi connectivity index (χ4n) is 3.02. The molecule has 3 rings (SSSR count). The predicted octanol–water partition coefficient (Wildman–Crippen LogP) is 2.93. The zero-order valence-corrected chi connectivity index (χ0v) is 14.3. The van der Waals surface area contributed by atoms with Gasteiger partial charge in [-0.05, 0) is 24.1 Å². The highest BCUT2D eigenvalue weighted by Gasteiger charge is 2.22. The molecule has 1 aliphatic heterocycles. The van der Waals surface area contributed by atoms with Crippen LogP contribution in [0.5, 0.6) is 5.75 Å². The predicted molar refractivity (Wildman–Crippen MR) is 96.5 cm³/mol. The number of hydrogen-bond donors (Lipinski definition) is 1. The molecule has 1 saturated heterocycles. The summed E-state index contributed by atoms with van der Waals surface area (Å²) in [5, 5.41) is 10.4. The largest absolute Gasteiger partial charge is 0.415 e. The van der Waals surface area contributed by atoms with Crippen molar-refractivity contribution in [2.45, 2.75) is 12.5 Å². The molecular weight excluding hydrogens is 316 g/mol. The van der Waals surface area contributed by atoms with E-state index in [1.807, 2.05) is 48.5 Å². The third kappa shape index (κ3) is 5.05. The lowest BCUT2D eigenvalue weighted by molar-refractivity contribution is 0.114. The number of aliphatic hydroxyl groups is 1. The summed E-state index contributed by atoms with van der Waals surface area (Å²) < 4.78 is 5.41. The minimum absolute atomic E-state index is 0.309. The number of nitrogens with zero attached hydrogens (tertiary/aromatic N) is 2. The number of β-amino-alcohol motifs (C(OH)–C–C–N with tert-alkyl or cyclic N) is 1. The molecule has 1 amide bonds. The second kappa shape index (κ2) is 8.65. The Kier molecular flexibility index (Phi) is 6.04. The SMILES string of the molecule is O=C(Oc1ccccc1)N1CCCN(CC(O)c2ccccc2)CC1. The highest BCUT2D eigenvalue weighted by molar-refractivity contribution is 5.70. The average molecular weight is 340 g/mol. The van der Waals surface area contributed by atoms with Gasteiger partial charge in [-0.25, -0.2) is 4.79 Å². The topological polar surface area (TPSA) is 53.0 Å². The van der Waals surface area contributed by atoms with E-state index in [9.17, 15) is 9.90 Å². The second-order valence-corrected chi connectivity index (χ2v) is 6.25. The minimum Gasteiger partial charge on any atom is -0.410 e. The van der Waals surface area contributed by atoms with Crippen molar-refractivity contribution in [1.29, 1.82) is 0 Å². The van der Waals surface area contributed by atoms with Crippen molar-refractivity contribution >= 4 is 6.09 Å². The lowest BCUT2D eigenvalue weighted by atomic mass is 10.1. The monoisotopic (exact) mass is 340 g/mol. The molecule has 0 saturated carbocycles. The molecule has 1 unspecified atom stereocenters. The summed E-state index contributed by atoms with van der Waals surface area (Å²) in [4.78, 5) is 16.2. The molecule has 1 aliphatic rings. The van der Waals surface area contributed by atoms with Gasteiger partial charge in [0.25, 0.3) is 0 Å². The molecule has 25 heavy (non-hydrogen) atoms. The molecule has 0 radical (unpaired) electrons. The van der Waals surface area contributed by atoms with Crippen LogP contribution in [0.2, 0.25) is 0 Å². The molecule has 1 heterocycles. The zero-order valence-electron chi connectivity index (χ0n) is 14.3. The Morgan fingerprint density at radius 3 is 2.36 bits per heavy atom. The van der Waals surface area contributed by atoms with Gasteiger partial charge >= 0.3 is 6.09 Å². The molecule has 0 aromatic heterocycles. The van der Waals surface area contributed by atoms with Crippen LogP contribution in [0, 0.1) is 0 Å². The number of amides is 1. The van der Waals surface area contributed by atoms with Gasteiger partial charge in [-0.1, -0.05) is 48.5 Å². The molecule has 2 aromatic carbocycles. The van der Waals surface area contributed by atoms with E-state index in [0.717, 1.165) is 25.1 Å². The van der Waals surface area contributed by atoms with E-state index in [2.05, 4.69) is 4.90 Å². The van der Waals surface area contributed by atoms with Crippen LogP contribution in [0.25, 0.3) is 0 Å². The molecule has 1 atom stereocenters. The maximum atomic E-state index is 12.3. The lowest BCUT2D eigenvalue weighted by Crippen LogP contribution is -2.37. The van der Waals surface area contributed by atoms with Gasteiger partial charge in [0.15, 0.2) is 0 Å². The quantitative estimate of drug-likeness (QED) is 0.930. The zero-order chi connectivity index (χ0) is 17.5. The van der Waals surface area contributed by atoms with Gasteiger partial charge in [0, 0.05) is 32.7 Å². The van der Waals surface area contributed by atoms with Crippen molar-refractivity contribution in [3.8, 4) is 5.75 Å². The number of rotatable bonds is 4. The molecule has 0 bridgehead atoms. The van der Waals surface area contributed by atoms with Gasteiger partial charge < -0.3 is 14.7 Å². The first kappa shape index (κ1) is 17.5. The van der Waals surface area contributed by atoms with Gasteiger partial charge in [0.2, 0.25) is 0 Å². The Balaban J connectivity index is 1.51. The number of aliphatic hydroxyl groups excluding tert-OH is 1. The van der Waals surface area contributed by atoms with E-state index in [1.165, 1.54) is 0 Å². The van der Waals surface area contributed by atoms with Gasteiger partial charge in [0.1, 0.15) is 5.75 Å². The normalized spacial score (nSPS) is 16.9. The molecule has 0 spiro atoms. The molecule has 0 aliphatic carbocycles. The average Bonchev–Trinajstić information content (AvgIpc) is 2.89. The second-order valence-electron chi connectivity index (χ2n) is 6.25. The molecular formula is C20H24N2O3.